The molecule has 2 nitrogen and oxygen atoms in total. The second-order valence-corrected chi connectivity index (χ2v) is 3.49. The van der Waals surface area contributed by atoms with Gasteiger partial charge in [-0.15, -0.1) is 11.3 Å². The van der Waals surface area contributed by atoms with Crippen molar-refractivity contribution in [3.8, 4) is 6.07 Å². The lowest BCUT2D eigenvalue weighted by Gasteiger charge is -2.14. The highest BCUT2D eigenvalue weighted by atomic mass is 32.1. The zero-order chi connectivity index (χ0) is 8.27. The van der Waals surface area contributed by atoms with E-state index in [9.17, 15) is 0 Å². The zero-order valence-corrected chi connectivity index (χ0v) is 7.43. The summed E-state index contributed by atoms with van der Waals surface area (Å²) in [5.41, 5.74) is 0. The lowest BCUT2D eigenvalue weighted by atomic mass is 10.2. The molecule has 0 aliphatic carbocycles. The molecular weight excluding hydrogens is 156 g/mol. The molecule has 0 saturated heterocycles. The molecule has 0 aromatic carbocycles. The summed E-state index contributed by atoms with van der Waals surface area (Å²) in [6, 6.07) is 6.10. The molecule has 0 amide bonds. The molecule has 1 atom stereocenters. The predicted octanol–water partition coefficient (Wildman–Crippen LogP) is 1.87. The van der Waals surface area contributed by atoms with Crippen molar-refractivity contribution in [2.75, 3.05) is 14.1 Å². The maximum Gasteiger partial charge on any atom is 0.132 e. The highest BCUT2D eigenvalue weighted by Gasteiger charge is 2.12. The molecule has 0 bridgehead atoms. The fourth-order valence-corrected chi connectivity index (χ4v) is 1.74. The number of hydrogen-bond acceptors (Lipinski definition) is 3. The Kier molecular flexibility index (Phi) is 2.64. The molecule has 0 radical (unpaired) electrons. The van der Waals surface area contributed by atoms with E-state index in [1.807, 2.05) is 36.5 Å². The van der Waals surface area contributed by atoms with Crippen LogP contribution in [0.2, 0.25) is 0 Å². The number of rotatable bonds is 2. The van der Waals surface area contributed by atoms with E-state index in [2.05, 4.69) is 6.07 Å². The maximum atomic E-state index is 8.78. The van der Waals surface area contributed by atoms with Crippen LogP contribution in [0.1, 0.15) is 10.9 Å². The van der Waals surface area contributed by atoms with Gasteiger partial charge in [-0.25, -0.2) is 0 Å². The van der Waals surface area contributed by atoms with Crippen molar-refractivity contribution >= 4 is 11.3 Å². The standard InChI is InChI=1S/C8H10N2S/c1-10(2)7(6-9)8-4-3-5-11-8/h3-5,7H,1-2H3/t7-/m1/s1. The Labute approximate surface area is 70.7 Å². The first kappa shape index (κ1) is 8.25. The number of hydrogen-bond donors (Lipinski definition) is 0. The van der Waals surface area contributed by atoms with E-state index >= 15 is 0 Å². The molecule has 1 rings (SSSR count). The molecular formula is C8H10N2S. The van der Waals surface area contributed by atoms with E-state index in [0.29, 0.717) is 0 Å². The predicted molar refractivity (Wildman–Crippen MR) is 46.4 cm³/mol. The summed E-state index contributed by atoms with van der Waals surface area (Å²) >= 11 is 1.62. The van der Waals surface area contributed by atoms with Gasteiger partial charge < -0.3 is 0 Å². The average molecular weight is 166 g/mol. The van der Waals surface area contributed by atoms with Crippen LogP contribution in [0.3, 0.4) is 0 Å². The Morgan fingerprint density at radius 1 is 1.64 bits per heavy atom. The summed E-state index contributed by atoms with van der Waals surface area (Å²) < 4.78 is 0. The fourth-order valence-electron chi connectivity index (χ4n) is 0.880. The minimum atomic E-state index is -0.0880. The molecule has 1 heterocycles. The van der Waals surface area contributed by atoms with Crippen LogP contribution in [0, 0.1) is 11.3 Å². The molecule has 1 aromatic heterocycles. The lowest BCUT2D eigenvalue weighted by molar-refractivity contribution is 0.362. The van der Waals surface area contributed by atoms with Crippen molar-refractivity contribution in [2.24, 2.45) is 0 Å². The molecule has 0 aliphatic heterocycles. The molecule has 0 fully saturated rings. The number of thiophene rings is 1. The van der Waals surface area contributed by atoms with E-state index in [1.165, 1.54) is 0 Å². The van der Waals surface area contributed by atoms with E-state index < -0.39 is 0 Å². The molecule has 1 aromatic rings. The molecule has 3 heteroatoms. The summed E-state index contributed by atoms with van der Waals surface area (Å²) in [6.07, 6.45) is 0. The minimum absolute atomic E-state index is 0.0880. The van der Waals surface area contributed by atoms with Gasteiger partial charge in [-0.3, -0.25) is 4.90 Å². The van der Waals surface area contributed by atoms with E-state index in [0.717, 1.165) is 4.88 Å². The van der Waals surface area contributed by atoms with Crippen LogP contribution in [0.4, 0.5) is 0 Å². The first-order valence-electron chi connectivity index (χ1n) is 3.35. The third-order valence-electron chi connectivity index (χ3n) is 1.45. The van der Waals surface area contributed by atoms with Gasteiger partial charge in [0.1, 0.15) is 6.04 Å². The number of nitrogens with zero attached hydrogens (tertiary/aromatic N) is 2. The van der Waals surface area contributed by atoms with Gasteiger partial charge in [0.05, 0.1) is 6.07 Å². The Balaban J connectivity index is 2.82. The first-order chi connectivity index (χ1) is 5.25. The topological polar surface area (TPSA) is 27.0 Å². The molecule has 58 valence electrons. The number of nitriles is 1. The van der Waals surface area contributed by atoms with Crippen molar-refractivity contribution in [1.29, 1.82) is 5.26 Å². The van der Waals surface area contributed by atoms with E-state index in [4.69, 9.17) is 5.26 Å². The maximum absolute atomic E-state index is 8.78. The van der Waals surface area contributed by atoms with E-state index in [-0.39, 0.29) is 6.04 Å². The Hall–Kier alpha value is -0.850. The quantitative estimate of drug-likeness (QED) is 0.670. The summed E-state index contributed by atoms with van der Waals surface area (Å²) in [5.74, 6) is 0. The highest BCUT2D eigenvalue weighted by molar-refractivity contribution is 7.10. The fraction of sp³-hybridized carbons (Fsp3) is 0.375. The van der Waals surface area contributed by atoms with Gasteiger partial charge in [-0.1, -0.05) is 6.07 Å². The van der Waals surface area contributed by atoms with Gasteiger partial charge in [-0.05, 0) is 25.5 Å². The van der Waals surface area contributed by atoms with Crippen LogP contribution in [0.25, 0.3) is 0 Å². The molecule has 0 unspecified atom stereocenters. The van der Waals surface area contributed by atoms with Gasteiger partial charge >= 0.3 is 0 Å². The van der Waals surface area contributed by atoms with Crippen LogP contribution in [-0.4, -0.2) is 19.0 Å². The van der Waals surface area contributed by atoms with Crippen LogP contribution < -0.4 is 0 Å². The third-order valence-corrected chi connectivity index (χ3v) is 2.38. The van der Waals surface area contributed by atoms with Gasteiger partial charge in [0.15, 0.2) is 0 Å². The molecule has 0 aliphatic rings. The zero-order valence-electron chi connectivity index (χ0n) is 6.61. The Bertz CT molecular complexity index is 246. The summed E-state index contributed by atoms with van der Waals surface area (Å²) in [7, 11) is 3.82. The lowest BCUT2D eigenvalue weighted by Crippen LogP contribution is -2.16. The van der Waals surface area contributed by atoms with Gasteiger partial charge in [0.25, 0.3) is 0 Å². The summed E-state index contributed by atoms with van der Waals surface area (Å²) in [5, 5.41) is 10.8. The van der Waals surface area contributed by atoms with Crippen molar-refractivity contribution in [1.82, 2.24) is 4.90 Å². The third kappa shape index (κ3) is 1.79. The second-order valence-electron chi connectivity index (χ2n) is 2.51. The van der Waals surface area contributed by atoms with Gasteiger partial charge in [0, 0.05) is 4.88 Å². The van der Waals surface area contributed by atoms with Crippen molar-refractivity contribution < 1.29 is 0 Å². The smallest absolute Gasteiger partial charge is 0.132 e. The van der Waals surface area contributed by atoms with Crippen LogP contribution in [-0.2, 0) is 0 Å². The van der Waals surface area contributed by atoms with E-state index in [1.54, 1.807) is 11.3 Å². The Morgan fingerprint density at radius 3 is 2.73 bits per heavy atom. The summed E-state index contributed by atoms with van der Waals surface area (Å²) in [4.78, 5) is 3.02. The second kappa shape index (κ2) is 3.51. The van der Waals surface area contributed by atoms with Gasteiger partial charge in [0.2, 0.25) is 0 Å². The summed E-state index contributed by atoms with van der Waals surface area (Å²) in [6.45, 7) is 0. The van der Waals surface area contributed by atoms with Crippen LogP contribution >= 0.6 is 11.3 Å². The van der Waals surface area contributed by atoms with Crippen molar-refractivity contribution in [2.45, 2.75) is 6.04 Å². The Morgan fingerprint density at radius 2 is 2.36 bits per heavy atom. The normalized spacial score (nSPS) is 12.9. The first-order valence-corrected chi connectivity index (χ1v) is 4.23. The average Bonchev–Trinajstić information content (AvgIpc) is 2.40. The van der Waals surface area contributed by atoms with Crippen molar-refractivity contribution in [3.63, 3.8) is 0 Å². The van der Waals surface area contributed by atoms with Crippen molar-refractivity contribution in [3.05, 3.63) is 22.4 Å². The highest BCUT2D eigenvalue weighted by Crippen LogP contribution is 2.21. The minimum Gasteiger partial charge on any atom is -0.290 e. The van der Waals surface area contributed by atoms with Crippen LogP contribution in [0.5, 0.6) is 0 Å². The van der Waals surface area contributed by atoms with Crippen LogP contribution in [0.15, 0.2) is 17.5 Å². The molecule has 0 saturated carbocycles. The molecule has 11 heavy (non-hydrogen) atoms. The monoisotopic (exact) mass is 166 g/mol. The SMILES string of the molecule is CN(C)[C@H](C#N)c1cccs1. The molecule has 0 spiro atoms. The molecule has 0 N–H and O–H groups in total. The van der Waals surface area contributed by atoms with Gasteiger partial charge in [-0.2, -0.15) is 5.26 Å². The largest absolute Gasteiger partial charge is 0.290 e.